The van der Waals surface area contributed by atoms with Crippen LogP contribution < -0.4 is 0 Å². The van der Waals surface area contributed by atoms with Crippen molar-refractivity contribution in [1.29, 1.82) is 5.26 Å². The van der Waals surface area contributed by atoms with Crippen LogP contribution in [0.25, 0.3) is 37.4 Å². The van der Waals surface area contributed by atoms with E-state index in [-0.39, 0.29) is 11.8 Å². The number of rotatable bonds is 0. The van der Waals surface area contributed by atoms with E-state index >= 15 is 0 Å². The molecule has 36 heavy (non-hydrogen) atoms. The minimum absolute atomic E-state index is 0.0378. The molecule has 3 aliphatic rings. The first kappa shape index (κ1) is 19.3. The first-order chi connectivity index (χ1) is 17.8. The van der Waals surface area contributed by atoms with Crippen molar-refractivity contribution in [1.82, 2.24) is 9.97 Å². The first-order valence-electron chi connectivity index (χ1n) is 11.9. The Morgan fingerprint density at radius 3 is 1.61 bits per heavy atom. The highest BCUT2D eigenvalue weighted by molar-refractivity contribution is 6.17. The van der Waals surface area contributed by atoms with E-state index in [0.717, 1.165) is 44.0 Å². The predicted molar refractivity (Wildman–Crippen MR) is 140 cm³/mol. The van der Waals surface area contributed by atoms with Crippen molar-refractivity contribution in [3.63, 3.8) is 0 Å². The second-order valence-corrected chi connectivity index (χ2v) is 9.50. The van der Waals surface area contributed by atoms with Crippen LogP contribution in [0, 0.1) is 17.9 Å². The molecule has 4 nitrogen and oxygen atoms in total. The Hall–Kier alpha value is -5.06. The van der Waals surface area contributed by atoms with Gasteiger partial charge in [-0.1, -0.05) is 72.8 Å². The third-order valence-corrected chi connectivity index (χ3v) is 7.84. The van der Waals surface area contributed by atoms with E-state index in [1.54, 1.807) is 0 Å². The summed E-state index contributed by atoms with van der Waals surface area (Å²) in [6, 6.07) is 31.2. The van der Waals surface area contributed by atoms with Gasteiger partial charge in [0.25, 0.3) is 0 Å². The summed E-state index contributed by atoms with van der Waals surface area (Å²) in [7, 11) is 0. The normalized spacial score (nSPS) is 16.8. The Bertz CT molecular complexity index is 1850. The van der Waals surface area contributed by atoms with Crippen LogP contribution in [-0.4, -0.2) is 9.97 Å². The van der Waals surface area contributed by atoms with Gasteiger partial charge in [-0.2, -0.15) is 5.26 Å². The quantitative estimate of drug-likeness (QED) is 0.177. The zero-order chi connectivity index (χ0) is 24.0. The number of nitriles is 1. The molecule has 5 aromatic carbocycles. The molecule has 3 aliphatic carbocycles. The van der Waals surface area contributed by atoms with Crippen molar-refractivity contribution in [3.05, 3.63) is 136 Å². The summed E-state index contributed by atoms with van der Waals surface area (Å²) in [6.07, 6.45) is 0. The maximum Gasteiger partial charge on any atom is 0.202 e. The molecule has 0 amide bonds. The van der Waals surface area contributed by atoms with E-state index in [9.17, 15) is 5.26 Å². The Labute approximate surface area is 206 Å². The number of hydrogen-bond acceptors (Lipinski definition) is 3. The predicted octanol–water partition coefficient (Wildman–Crippen LogP) is 7.35. The molecule has 0 radical (unpaired) electrons. The van der Waals surface area contributed by atoms with Crippen LogP contribution in [0.2, 0.25) is 0 Å². The van der Waals surface area contributed by atoms with Gasteiger partial charge in [0.05, 0.1) is 46.4 Å². The van der Waals surface area contributed by atoms with E-state index in [1.807, 2.05) is 36.4 Å². The summed E-state index contributed by atoms with van der Waals surface area (Å²) < 4.78 is 0. The molecule has 0 saturated carbocycles. The lowest BCUT2D eigenvalue weighted by Gasteiger charge is -2.40. The number of hydrogen-bond donors (Lipinski definition) is 0. The topological polar surface area (TPSA) is 53.9 Å². The van der Waals surface area contributed by atoms with Gasteiger partial charge in [-0.3, -0.25) is 0 Å². The highest BCUT2D eigenvalue weighted by Gasteiger charge is 2.43. The van der Waals surface area contributed by atoms with Crippen LogP contribution in [0.1, 0.15) is 51.0 Å². The van der Waals surface area contributed by atoms with Crippen LogP contribution >= 0.6 is 0 Å². The van der Waals surface area contributed by atoms with Gasteiger partial charge >= 0.3 is 0 Å². The van der Waals surface area contributed by atoms with Gasteiger partial charge in [0.2, 0.25) is 5.69 Å². The zero-order valence-electron chi connectivity index (χ0n) is 19.0. The number of aromatic nitrogens is 2. The molecule has 0 aliphatic heterocycles. The van der Waals surface area contributed by atoms with Gasteiger partial charge in [0.1, 0.15) is 6.07 Å². The Morgan fingerprint density at radius 2 is 1.11 bits per heavy atom. The zero-order valence-corrected chi connectivity index (χ0v) is 19.0. The van der Waals surface area contributed by atoms with Crippen molar-refractivity contribution in [3.8, 4) is 6.07 Å². The van der Waals surface area contributed by atoms with Crippen LogP contribution in [-0.2, 0) is 0 Å². The molecule has 9 rings (SSSR count). The van der Waals surface area contributed by atoms with Crippen molar-refractivity contribution in [2.75, 3.05) is 0 Å². The van der Waals surface area contributed by atoms with Gasteiger partial charge in [-0.15, -0.1) is 0 Å². The van der Waals surface area contributed by atoms with Crippen LogP contribution in [0.15, 0.2) is 84.9 Å². The van der Waals surface area contributed by atoms with E-state index in [4.69, 9.17) is 16.5 Å². The average Bonchev–Trinajstić information content (AvgIpc) is 2.93. The fraction of sp³-hybridized carbons (Fsp3) is 0.0625. The third kappa shape index (κ3) is 2.26. The molecule has 0 fully saturated rings. The molecule has 4 heteroatoms. The molecule has 0 saturated heterocycles. The van der Waals surface area contributed by atoms with E-state index < -0.39 is 0 Å². The largest absolute Gasteiger partial charge is 0.248 e. The maximum atomic E-state index is 10.1. The fourth-order valence-corrected chi connectivity index (χ4v) is 6.39. The van der Waals surface area contributed by atoms with Gasteiger partial charge in [0, 0.05) is 0 Å². The van der Waals surface area contributed by atoms with Crippen molar-refractivity contribution < 1.29 is 0 Å². The van der Waals surface area contributed by atoms with Gasteiger partial charge in [0.15, 0.2) is 0 Å². The molecule has 6 aromatic rings. The standard InChI is InChI=1S/C32H16N4/c1-34-30-22-13-7-2-8-17(22)25(16-33)23-14-26-27(15-24(23)30)36-32-29-20-11-5-3-9-18(20)28(31(32)35-26)19-10-4-6-12-21(19)29/h2-15,28-29H. The summed E-state index contributed by atoms with van der Waals surface area (Å²) in [5.41, 5.74) is 9.81. The van der Waals surface area contributed by atoms with Gasteiger partial charge in [-0.05, 0) is 55.9 Å². The van der Waals surface area contributed by atoms with Gasteiger partial charge in [-0.25, -0.2) is 14.8 Å². The highest BCUT2D eigenvalue weighted by atomic mass is 14.9. The molecule has 2 bridgehead atoms. The lowest BCUT2D eigenvalue weighted by atomic mass is 9.64. The summed E-state index contributed by atoms with van der Waals surface area (Å²) in [6.45, 7) is 7.93. The Kier molecular flexibility index (Phi) is 3.61. The molecule has 164 valence electrons. The summed E-state index contributed by atoms with van der Waals surface area (Å²) in [4.78, 5) is 14.3. The van der Waals surface area contributed by atoms with E-state index in [2.05, 4.69) is 59.4 Å². The first-order valence-corrected chi connectivity index (χ1v) is 11.9. The Balaban J connectivity index is 1.50. The molecular weight excluding hydrogens is 440 g/mol. The maximum absolute atomic E-state index is 10.1. The second kappa shape index (κ2) is 6.75. The average molecular weight is 457 g/mol. The fourth-order valence-electron chi connectivity index (χ4n) is 6.39. The van der Waals surface area contributed by atoms with Crippen molar-refractivity contribution in [2.24, 2.45) is 0 Å². The SMILES string of the molecule is [C-]#[N+]c1c2ccccc2c(C#N)c2cc3nc4c(nc3cc12)C1c2ccccc2C4c2ccccc21. The lowest BCUT2D eigenvalue weighted by Crippen LogP contribution is -2.29. The minimum Gasteiger partial charge on any atom is -0.248 e. The van der Waals surface area contributed by atoms with Gasteiger partial charge < -0.3 is 0 Å². The second-order valence-electron chi connectivity index (χ2n) is 9.50. The number of benzene rings is 5. The molecule has 0 atom stereocenters. The Morgan fingerprint density at radius 1 is 0.639 bits per heavy atom. The van der Waals surface area contributed by atoms with E-state index in [1.165, 1.54) is 22.3 Å². The van der Waals surface area contributed by atoms with Crippen molar-refractivity contribution >= 4 is 38.3 Å². The summed E-state index contributed by atoms with van der Waals surface area (Å²) in [5, 5.41) is 13.2. The molecule has 0 spiro atoms. The molecular formula is C32H16N4. The molecule has 1 heterocycles. The van der Waals surface area contributed by atoms with Crippen LogP contribution in [0.4, 0.5) is 5.69 Å². The number of fused-ring (bicyclic) bond motifs is 3. The lowest BCUT2D eigenvalue weighted by molar-refractivity contribution is 0.709. The molecule has 0 unspecified atom stereocenters. The summed E-state index contributed by atoms with van der Waals surface area (Å²) in [5.74, 6) is 0.0763. The van der Waals surface area contributed by atoms with Crippen LogP contribution in [0.5, 0.6) is 0 Å². The molecule has 0 N–H and O–H groups in total. The van der Waals surface area contributed by atoms with Crippen molar-refractivity contribution in [2.45, 2.75) is 11.8 Å². The third-order valence-electron chi connectivity index (χ3n) is 7.84. The monoisotopic (exact) mass is 456 g/mol. The van der Waals surface area contributed by atoms with E-state index in [0.29, 0.717) is 11.3 Å². The van der Waals surface area contributed by atoms with Crippen LogP contribution in [0.3, 0.4) is 0 Å². The minimum atomic E-state index is 0.0378. The number of nitrogens with zero attached hydrogens (tertiary/aromatic N) is 4. The smallest absolute Gasteiger partial charge is 0.202 e. The molecule has 1 aromatic heterocycles. The summed E-state index contributed by atoms with van der Waals surface area (Å²) >= 11 is 0. The highest BCUT2D eigenvalue weighted by Crippen LogP contribution is 2.54.